The van der Waals surface area contributed by atoms with E-state index in [0.29, 0.717) is 49.4 Å². The van der Waals surface area contributed by atoms with Gasteiger partial charge in [-0.3, -0.25) is 23.9 Å². The van der Waals surface area contributed by atoms with E-state index in [1.807, 2.05) is 73.6 Å². The summed E-state index contributed by atoms with van der Waals surface area (Å²) in [7, 11) is 1.81. The number of alkyl halides is 2. The van der Waals surface area contributed by atoms with Gasteiger partial charge in [0.1, 0.15) is 12.1 Å². The highest BCUT2D eigenvalue weighted by Gasteiger charge is 2.41. The molecule has 3 aliphatic rings. The number of carbonyl (C=O) groups excluding carboxylic acids is 3. The molecule has 3 aliphatic heterocycles. The molecule has 0 bridgehead atoms. The minimum atomic E-state index is -2.70. The number of anilines is 2. The molecule has 17 heteroatoms. The van der Waals surface area contributed by atoms with Crippen LogP contribution in [0.1, 0.15) is 136 Å². The van der Waals surface area contributed by atoms with Gasteiger partial charge in [0.25, 0.3) is 12.0 Å². The summed E-state index contributed by atoms with van der Waals surface area (Å²) in [5.74, 6) is -0.720. The molecule has 6 aromatic rings. The highest BCUT2D eigenvalue weighted by Crippen LogP contribution is 2.44. The van der Waals surface area contributed by atoms with E-state index in [-0.39, 0.29) is 54.3 Å². The largest absolute Gasteiger partial charge is 0.391 e. The number of halogens is 2. The molecule has 0 unspecified atom stereocenters. The minimum Gasteiger partial charge on any atom is -0.391 e. The Morgan fingerprint density at radius 3 is 2.40 bits per heavy atom. The fraction of sp³-hybridized carbons (Fsp3) is 0.483. The molecule has 9 rings (SSSR count). The van der Waals surface area contributed by atoms with Gasteiger partial charge in [0.05, 0.1) is 45.6 Å². The third kappa shape index (κ3) is 12.1. The number of rotatable bonds is 19. The first-order valence-electron chi connectivity index (χ1n) is 26.7. The lowest BCUT2D eigenvalue weighted by atomic mass is 9.89. The number of nitrogens with one attached hydrogen (secondary N) is 2. The molecule has 398 valence electrons. The quantitative estimate of drug-likeness (QED) is 0.0670. The highest BCUT2D eigenvalue weighted by atomic mass is 32.1. The van der Waals surface area contributed by atoms with Crippen LogP contribution >= 0.6 is 11.3 Å². The van der Waals surface area contributed by atoms with Crippen molar-refractivity contribution >= 4 is 51.3 Å². The fourth-order valence-electron chi connectivity index (χ4n) is 11.3. The number of benzene rings is 3. The maximum absolute atomic E-state index is 15.1. The molecule has 2 saturated heterocycles. The Kier molecular flexibility index (Phi) is 16.9. The van der Waals surface area contributed by atoms with Crippen LogP contribution in [0.5, 0.6) is 0 Å². The number of ether oxygens (including phenoxy) is 1. The van der Waals surface area contributed by atoms with E-state index in [1.54, 1.807) is 42.1 Å². The Labute approximate surface area is 441 Å². The van der Waals surface area contributed by atoms with E-state index in [2.05, 4.69) is 37.7 Å². The topological polar surface area (TPSA) is 164 Å². The summed E-state index contributed by atoms with van der Waals surface area (Å²) >= 11 is 1.58. The second-order valence-corrected chi connectivity index (χ2v) is 21.7. The van der Waals surface area contributed by atoms with Crippen LogP contribution in [0.15, 0.2) is 77.3 Å². The van der Waals surface area contributed by atoms with E-state index < -0.39 is 30.5 Å². The third-order valence-corrected chi connectivity index (χ3v) is 16.5. The van der Waals surface area contributed by atoms with Crippen molar-refractivity contribution in [2.24, 2.45) is 7.05 Å². The normalized spacial score (nSPS) is 17.9. The highest BCUT2D eigenvalue weighted by molar-refractivity contribution is 7.13. The summed E-state index contributed by atoms with van der Waals surface area (Å²) in [6, 6.07) is 15.8. The van der Waals surface area contributed by atoms with Crippen molar-refractivity contribution in [3.63, 3.8) is 0 Å². The van der Waals surface area contributed by atoms with Gasteiger partial charge >= 0.3 is 0 Å². The fourth-order valence-corrected chi connectivity index (χ4v) is 12.1. The van der Waals surface area contributed by atoms with Crippen molar-refractivity contribution in [2.45, 2.75) is 148 Å². The number of aryl methyl sites for hydroxylation is 5. The van der Waals surface area contributed by atoms with Crippen LogP contribution in [0.25, 0.3) is 32.5 Å². The lowest BCUT2D eigenvalue weighted by molar-refractivity contribution is -0.141. The number of nitrogens with zero attached hydrogens (tertiary/aromatic N) is 6. The van der Waals surface area contributed by atoms with Gasteiger partial charge in [-0.2, -0.15) is 5.10 Å². The maximum Gasteiger partial charge on any atom is 0.264 e. The molecule has 3 aromatic carbocycles. The zero-order chi connectivity index (χ0) is 52.9. The van der Waals surface area contributed by atoms with Crippen LogP contribution in [0.3, 0.4) is 0 Å². The number of amides is 3. The Hall–Kier alpha value is -6.30. The lowest BCUT2D eigenvalue weighted by Crippen LogP contribution is -2.52. The molecule has 6 heterocycles. The molecule has 0 saturated carbocycles. The number of aliphatic hydroxyl groups excluding tert-OH is 1. The van der Waals surface area contributed by atoms with Crippen molar-refractivity contribution in [2.75, 3.05) is 31.2 Å². The first kappa shape index (κ1) is 53.5. The molecule has 0 spiro atoms. The lowest BCUT2D eigenvalue weighted by Gasteiger charge is -2.34. The Morgan fingerprint density at radius 1 is 0.920 bits per heavy atom. The number of fused-ring (bicyclic) bond motifs is 2. The number of likely N-dealkylation sites (tertiary alicyclic amines) is 1. The molecule has 3 aromatic heterocycles. The average Bonchev–Trinajstić information content (AvgIpc) is 4.18. The van der Waals surface area contributed by atoms with Crippen LogP contribution in [-0.2, 0) is 39.1 Å². The Morgan fingerprint density at radius 2 is 1.67 bits per heavy atom. The van der Waals surface area contributed by atoms with Gasteiger partial charge in [0, 0.05) is 86.7 Å². The number of pyridine rings is 1. The van der Waals surface area contributed by atoms with Crippen molar-refractivity contribution in [3.8, 4) is 21.6 Å². The molecular formula is C58H70F2N8O6S. The third-order valence-electron chi connectivity index (χ3n) is 15.5. The van der Waals surface area contributed by atoms with Crippen molar-refractivity contribution in [1.29, 1.82) is 0 Å². The molecule has 3 amide bonds. The molecule has 4 atom stereocenters. The summed E-state index contributed by atoms with van der Waals surface area (Å²) in [6.07, 6.45) is 8.95. The van der Waals surface area contributed by atoms with Gasteiger partial charge in [-0.05, 0) is 130 Å². The van der Waals surface area contributed by atoms with Gasteiger partial charge in [-0.1, -0.05) is 49.9 Å². The van der Waals surface area contributed by atoms with Crippen LogP contribution in [0.2, 0.25) is 0 Å². The second kappa shape index (κ2) is 23.7. The maximum atomic E-state index is 15.1. The monoisotopic (exact) mass is 1040 g/mol. The van der Waals surface area contributed by atoms with E-state index in [4.69, 9.17) is 4.74 Å². The van der Waals surface area contributed by atoms with Gasteiger partial charge < -0.3 is 34.8 Å². The number of unbranched alkanes of at least 4 members (excludes halogenated alkanes) is 5. The summed E-state index contributed by atoms with van der Waals surface area (Å²) in [4.78, 5) is 62.1. The number of hydrogen-bond acceptors (Lipinski definition) is 10. The summed E-state index contributed by atoms with van der Waals surface area (Å²) in [5, 5.41) is 21.8. The molecule has 0 aliphatic carbocycles. The molecule has 2 fully saturated rings. The van der Waals surface area contributed by atoms with E-state index in [1.165, 1.54) is 4.90 Å². The van der Waals surface area contributed by atoms with Gasteiger partial charge in [0.15, 0.2) is 0 Å². The first-order valence-corrected chi connectivity index (χ1v) is 27.6. The zero-order valence-electron chi connectivity index (χ0n) is 43.7. The number of aliphatic hydroxyl groups is 1. The van der Waals surface area contributed by atoms with E-state index in [0.717, 1.165) is 113 Å². The van der Waals surface area contributed by atoms with Crippen molar-refractivity contribution < 1.29 is 33.0 Å². The smallest absolute Gasteiger partial charge is 0.264 e. The molecule has 75 heavy (non-hydrogen) atoms. The Balaban J connectivity index is 0.733. The molecule has 14 nitrogen and oxygen atoms in total. The predicted octanol–water partition coefficient (Wildman–Crippen LogP) is 10.1. The van der Waals surface area contributed by atoms with Gasteiger partial charge in [-0.25, -0.2) is 13.8 Å². The van der Waals surface area contributed by atoms with E-state index >= 15 is 8.78 Å². The van der Waals surface area contributed by atoms with Gasteiger partial charge in [-0.15, -0.1) is 11.3 Å². The number of carbonyl (C=O) groups is 3. The molecular weight excluding hydrogens is 975 g/mol. The zero-order valence-corrected chi connectivity index (χ0v) is 44.6. The number of thiazole rings is 1. The minimum absolute atomic E-state index is 0.0157. The summed E-state index contributed by atoms with van der Waals surface area (Å²) in [5.41, 5.74) is 11.1. The average molecular weight is 1050 g/mol. The van der Waals surface area contributed by atoms with Gasteiger partial charge in [0.2, 0.25) is 17.7 Å². The van der Waals surface area contributed by atoms with Crippen LogP contribution in [0.4, 0.5) is 20.2 Å². The van der Waals surface area contributed by atoms with Crippen LogP contribution < -0.4 is 21.1 Å². The van der Waals surface area contributed by atoms with Crippen LogP contribution in [0, 0.1) is 13.8 Å². The molecule has 3 N–H and O–H groups in total. The van der Waals surface area contributed by atoms with E-state index in [9.17, 15) is 24.3 Å². The van der Waals surface area contributed by atoms with Crippen molar-refractivity contribution in [1.82, 2.24) is 34.9 Å². The van der Waals surface area contributed by atoms with Crippen LogP contribution in [-0.4, -0.2) is 91.6 Å². The van der Waals surface area contributed by atoms with Crippen molar-refractivity contribution in [3.05, 3.63) is 116 Å². The first-order chi connectivity index (χ1) is 36.1. The number of β-amino-alcohol motifs (C(OH)–C–C–N with tert-alkyl or cyclic N) is 1. The summed E-state index contributed by atoms with van der Waals surface area (Å²) < 4.78 is 39.4. The predicted molar refractivity (Wildman–Crippen MR) is 290 cm³/mol. The number of hydrogen-bond donors (Lipinski definition) is 3. The Bertz CT molecular complexity index is 3070. The number of aromatic nitrogens is 4. The second-order valence-electron chi connectivity index (χ2n) is 20.8. The standard InChI is InChI=1S/C58H70F2N8O6S/c1-35-25-48-50(65(5)57(35)72)27-43(40-19-23-74-24-20-40)28-51(48)67-22-12-13-42-26-46(47(55(59)60)30-49(42)67)44-31-62-66(32-44)21-11-9-7-6-8-10-14-53(70)63-38(4)58(73)68-33-45(69)29-52(68)56(71)64-36(2)39-15-17-41(18-16-39)54-37(3)61-34-75-54/h15-18,25-28,30-32,34,36,38,40,45,52,55,69H,6-14,19-24,29,33H2,1-5H3,(H,63,70)(H,64,71)/t36-,38-,45+,52-/m0/s1. The molecule has 0 radical (unpaired) electrons. The SMILES string of the molecule is Cc1ncsc1-c1ccc([C@H](C)NC(=O)[C@@H]2C[C@@H](O)CN2C(=O)[C@H](C)NC(=O)CCCCCCCCn2cc(-c3cc4c(cc3C(F)F)N(c3cc(C5CCOCC5)cc5c3cc(C)c(=O)n5C)CCC4)cn2)cc1. The summed E-state index contributed by atoms with van der Waals surface area (Å²) in [6.45, 7) is 9.97.